The van der Waals surface area contributed by atoms with E-state index in [-0.39, 0.29) is 30.3 Å². The molecule has 0 saturated heterocycles. The molecule has 1 aliphatic rings. The molecule has 0 spiro atoms. The minimum absolute atomic E-state index is 0. The van der Waals surface area contributed by atoms with E-state index in [9.17, 15) is 0 Å². The summed E-state index contributed by atoms with van der Waals surface area (Å²) in [5, 5.41) is 7.42. The summed E-state index contributed by atoms with van der Waals surface area (Å²) in [6.45, 7) is 13.6. The third-order valence-electron chi connectivity index (χ3n) is 1.32. The first kappa shape index (κ1) is 32.5. The monoisotopic (exact) mass is 397 g/mol. The molecular formula is C16H36O2PPd-3. The van der Waals surface area contributed by atoms with Crippen LogP contribution in [0.15, 0.2) is 0 Å². The molecule has 0 amide bonds. The van der Waals surface area contributed by atoms with Crippen molar-refractivity contribution in [3.05, 3.63) is 18.3 Å². The predicted octanol–water partition coefficient (Wildman–Crippen LogP) is 5.54. The number of hydrogen-bond donors (Lipinski definition) is 1. The van der Waals surface area contributed by atoms with Crippen LogP contribution in [0, 0.1) is 18.3 Å². The summed E-state index contributed by atoms with van der Waals surface area (Å²) in [6.07, 6.45) is 9.50. The molecule has 0 aliphatic heterocycles. The van der Waals surface area contributed by atoms with Crippen molar-refractivity contribution in [1.82, 2.24) is 0 Å². The minimum Gasteiger partial charge on any atom is -0.481 e. The van der Waals surface area contributed by atoms with Gasteiger partial charge in [0.1, 0.15) is 0 Å². The molecule has 1 aliphatic carbocycles. The first-order chi connectivity index (χ1) is 8.20. The minimum atomic E-state index is -0.833. The van der Waals surface area contributed by atoms with E-state index in [1.54, 1.807) is 0 Å². The topological polar surface area (TPSA) is 37.3 Å². The van der Waals surface area contributed by atoms with Crippen molar-refractivity contribution in [3.8, 4) is 0 Å². The second kappa shape index (κ2) is 27.8. The molecule has 1 fully saturated rings. The van der Waals surface area contributed by atoms with Gasteiger partial charge in [0.2, 0.25) is 0 Å². The molecule has 0 bridgehead atoms. The predicted molar refractivity (Wildman–Crippen MR) is 92.3 cm³/mol. The third kappa shape index (κ3) is 133. The molecular weight excluding hydrogens is 362 g/mol. The van der Waals surface area contributed by atoms with Crippen LogP contribution in [-0.4, -0.2) is 11.1 Å². The quantitative estimate of drug-likeness (QED) is 0.331. The van der Waals surface area contributed by atoms with Crippen molar-refractivity contribution in [2.75, 3.05) is 0 Å². The van der Waals surface area contributed by atoms with Crippen molar-refractivity contribution < 1.29 is 30.3 Å². The molecule has 1 atom stereocenters. The average molecular weight is 398 g/mol. The van der Waals surface area contributed by atoms with E-state index >= 15 is 0 Å². The summed E-state index contributed by atoms with van der Waals surface area (Å²) in [6, 6.07) is 0. The number of aliphatic carboxylic acids is 1. The Morgan fingerprint density at radius 1 is 0.900 bits per heavy atom. The zero-order valence-corrected chi connectivity index (χ0v) is 17.5. The second-order valence-corrected chi connectivity index (χ2v) is 5.45. The Bertz CT molecular complexity index is 132. The van der Waals surface area contributed by atoms with Gasteiger partial charge in [-0.05, 0) is 0 Å². The zero-order chi connectivity index (χ0) is 15.0. The van der Waals surface area contributed by atoms with Crippen molar-refractivity contribution in [1.29, 1.82) is 0 Å². The van der Waals surface area contributed by atoms with Crippen molar-refractivity contribution in [3.63, 3.8) is 0 Å². The Hall–Kier alpha value is 0.562. The molecule has 0 aromatic carbocycles. The summed E-state index contributed by atoms with van der Waals surface area (Å²) in [7, 11) is 0. The second-order valence-electron chi connectivity index (χ2n) is 5.45. The van der Waals surface area contributed by atoms with E-state index in [0.717, 1.165) is 6.92 Å². The van der Waals surface area contributed by atoms with Crippen LogP contribution in [0.4, 0.5) is 0 Å². The number of carboxylic acid groups (broad SMARTS) is 1. The first-order valence-corrected chi connectivity index (χ1v) is 6.74. The fourth-order valence-electron chi connectivity index (χ4n) is 0.898. The molecule has 0 heterocycles. The standard InChI is InChI=1S/C6H11.2C4H9.C2H4O2.H3P.Pd/c1-2-4-6-5-3-1;2*1-4(2)3;1-2(3)4;;/h1H,2-6H2;2*1-3H3;1H3,(H,3,4);1H3;/q3*-1;;;. The summed E-state index contributed by atoms with van der Waals surface area (Å²) < 4.78 is 0. The molecule has 0 radical (unpaired) electrons. The number of hydrogen-bond acceptors (Lipinski definition) is 1. The summed E-state index contributed by atoms with van der Waals surface area (Å²) in [5.41, 5.74) is 0. The maximum atomic E-state index is 9.00. The maximum Gasteiger partial charge on any atom is 0.300 e. The fraction of sp³-hybridized carbons (Fsp3) is 0.750. The molecule has 130 valence electrons. The third-order valence-corrected chi connectivity index (χ3v) is 1.32. The Balaban J connectivity index is -0.0000000496. The Morgan fingerprint density at radius 2 is 1.10 bits per heavy atom. The van der Waals surface area contributed by atoms with Crippen LogP contribution < -0.4 is 0 Å². The van der Waals surface area contributed by atoms with Crippen LogP contribution >= 0.6 is 9.90 Å². The summed E-state index contributed by atoms with van der Waals surface area (Å²) >= 11 is 0. The normalized spacial score (nSPS) is 12.1. The van der Waals surface area contributed by atoms with E-state index in [0.29, 0.717) is 0 Å². The van der Waals surface area contributed by atoms with Gasteiger partial charge in [0, 0.05) is 27.3 Å². The van der Waals surface area contributed by atoms with Crippen molar-refractivity contribution in [2.24, 2.45) is 0 Å². The summed E-state index contributed by atoms with van der Waals surface area (Å²) in [5.74, 6) is 2.00. The van der Waals surface area contributed by atoms with Gasteiger partial charge in [0.25, 0.3) is 5.97 Å². The Kier molecular flexibility index (Phi) is 45.2. The number of carbonyl (C=O) groups is 1. The Labute approximate surface area is 145 Å². The van der Waals surface area contributed by atoms with Crippen LogP contribution in [0.3, 0.4) is 0 Å². The number of carboxylic acids is 1. The first-order valence-electron chi connectivity index (χ1n) is 6.74. The van der Waals surface area contributed by atoms with Crippen LogP contribution in [0.2, 0.25) is 0 Å². The van der Waals surface area contributed by atoms with Crippen LogP contribution in [-0.2, 0) is 25.2 Å². The molecule has 1 N–H and O–H groups in total. The van der Waals surface area contributed by atoms with Gasteiger partial charge in [-0.2, -0.15) is 64.3 Å². The smallest absolute Gasteiger partial charge is 0.300 e. The van der Waals surface area contributed by atoms with E-state index in [2.05, 4.69) is 48.0 Å². The molecule has 0 aromatic heterocycles. The maximum absolute atomic E-state index is 9.00. The SMILES string of the molecule is CC(=O)O.C[C-](C)C.C[C-](C)C.P.[CH-]1CCCCC1.[Pd]. The van der Waals surface area contributed by atoms with E-state index in [1.165, 1.54) is 43.9 Å². The van der Waals surface area contributed by atoms with Crippen molar-refractivity contribution >= 4 is 15.9 Å². The van der Waals surface area contributed by atoms with Gasteiger partial charge in [-0.15, -0.1) is 0 Å². The molecule has 0 aromatic rings. The van der Waals surface area contributed by atoms with Gasteiger partial charge in [-0.3, -0.25) is 4.79 Å². The van der Waals surface area contributed by atoms with Gasteiger partial charge in [0.05, 0.1) is 0 Å². The van der Waals surface area contributed by atoms with E-state index in [4.69, 9.17) is 9.90 Å². The van der Waals surface area contributed by atoms with Crippen molar-refractivity contribution in [2.45, 2.75) is 80.6 Å². The molecule has 1 saturated carbocycles. The zero-order valence-electron chi connectivity index (χ0n) is 14.5. The van der Waals surface area contributed by atoms with Crippen LogP contribution in [0.1, 0.15) is 80.6 Å². The largest absolute Gasteiger partial charge is 0.481 e. The molecule has 1 unspecified atom stereocenters. The van der Waals surface area contributed by atoms with Crippen LogP contribution in [0.25, 0.3) is 0 Å². The van der Waals surface area contributed by atoms with Gasteiger partial charge in [0.15, 0.2) is 0 Å². The van der Waals surface area contributed by atoms with Gasteiger partial charge >= 0.3 is 0 Å². The van der Waals surface area contributed by atoms with E-state index < -0.39 is 5.97 Å². The Morgan fingerprint density at radius 3 is 1.15 bits per heavy atom. The van der Waals surface area contributed by atoms with Gasteiger partial charge in [-0.25, -0.2) is 0 Å². The number of rotatable bonds is 0. The molecule has 2 nitrogen and oxygen atoms in total. The fourth-order valence-corrected chi connectivity index (χ4v) is 0.898. The molecule has 20 heavy (non-hydrogen) atoms. The molecule has 1 rings (SSSR count). The average Bonchev–Trinajstić information content (AvgIpc) is 2.17. The van der Waals surface area contributed by atoms with Gasteiger partial charge < -0.3 is 23.4 Å². The summed E-state index contributed by atoms with van der Waals surface area (Å²) in [4.78, 5) is 9.00. The van der Waals surface area contributed by atoms with E-state index in [1.807, 2.05) is 0 Å². The van der Waals surface area contributed by atoms with Gasteiger partial charge in [-0.1, -0.05) is 19.3 Å². The molecule has 4 heteroatoms. The van der Waals surface area contributed by atoms with Crippen LogP contribution in [0.5, 0.6) is 0 Å².